The predicted molar refractivity (Wildman–Crippen MR) is 84.8 cm³/mol. The molecular weight excluding hydrogens is 316 g/mol. The third kappa shape index (κ3) is 2.85. The number of carbonyl (C=O) groups excluding carboxylic acids is 2. The summed E-state index contributed by atoms with van der Waals surface area (Å²) < 4.78 is 23.7. The Hall–Kier alpha value is -1.89. The molecule has 2 heterocycles. The van der Waals surface area contributed by atoms with Gasteiger partial charge >= 0.3 is 0 Å². The Morgan fingerprint density at radius 1 is 1.35 bits per heavy atom. The molecule has 0 saturated carbocycles. The zero-order valence-electron chi connectivity index (χ0n) is 13.2. The normalized spacial score (nSPS) is 24.3. The second-order valence-electron chi connectivity index (χ2n) is 6.31. The van der Waals surface area contributed by atoms with Crippen molar-refractivity contribution in [1.29, 1.82) is 0 Å². The van der Waals surface area contributed by atoms with Crippen molar-refractivity contribution >= 4 is 21.7 Å². The molecule has 6 nitrogen and oxygen atoms in total. The van der Waals surface area contributed by atoms with E-state index in [1.807, 2.05) is 0 Å². The maximum Gasteiger partial charge on any atom is 0.254 e. The highest BCUT2D eigenvalue weighted by Crippen LogP contribution is 2.29. The minimum atomic E-state index is -3.38. The summed E-state index contributed by atoms with van der Waals surface area (Å²) in [6, 6.07) is 4.62. The van der Waals surface area contributed by atoms with Crippen LogP contribution >= 0.6 is 0 Å². The minimum Gasteiger partial charge on any atom is -0.354 e. The van der Waals surface area contributed by atoms with Gasteiger partial charge in [-0.2, -0.15) is 0 Å². The SMILES string of the molecule is Cc1ccc(C(=O)N2CCC[C@@H]3C(=O)NC[C@@H]32)cc1S(C)(=O)=O. The molecule has 23 heavy (non-hydrogen) atoms. The monoisotopic (exact) mass is 336 g/mol. The zero-order valence-corrected chi connectivity index (χ0v) is 14.0. The van der Waals surface area contributed by atoms with Crippen LogP contribution < -0.4 is 5.32 Å². The average Bonchev–Trinajstić information content (AvgIpc) is 2.87. The van der Waals surface area contributed by atoms with Crippen LogP contribution in [-0.2, 0) is 14.6 Å². The van der Waals surface area contributed by atoms with Crippen molar-refractivity contribution in [3.05, 3.63) is 29.3 Å². The number of hydrogen-bond donors (Lipinski definition) is 1. The number of benzene rings is 1. The molecule has 7 heteroatoms. The Kier molecular flexibility index (Phi) is 3.91. The lowest BCUT2D eigenvalue weighted by atomic mass is 9.91. The summed E-state index contributed by atoms with van der Waals surface area (Å²) in [6.45, 7) is 2.78. The van der Waals surface area contributed by atoms with Gasteiger partial charge in [0.25, 0.3) is 5.91 Å². The van der Waals surface area contributed by atoms with Crippen LogP contribution in [0.1, 0.15) is 28.8 Å². The van der Waals surface area contributed by atoms with Crippen LogP contribution in [0.5, 0.6) is 0 Å². The summed E-state index contributed by atoms with van der Waals surface area (Å²) in [4.78, 5) is 26.5. The van der Waals surface area contributed by atoms with Crippen molar-refractivity contribution in [2.45, 2.75) is 30.7 Å². The summed E-state index contributed by atoms with van der Waals surface area (Å²) in [5.41, 5.74) is 0.981. The molecule has 0 spiro atoms. The van der Waals surface area contributed by atoms with Gasteiger partial charge in [-0.15, -0.1) is 0 Å². The number of amides is 2. The number of fused-ring (bicyclic) bond motifs is 1. The second-order valence-corrected chi connectivity index (χ2v) is 8.30. The molecule has 0 radical (unpaired) electrons. The Labute approximate surface area is 135 Å². The van der Waals surface area contributed by atoms with Crippen LogP contribution in [0.4, 0.5) is 0 Å². The number of sulfone groups is 1. The lowest BCUT2D eigenvalue weighted by Crippen LogP contribution is -2.48. The van der Waals surface area contributed by atoms with Gasteiger partial charge in [0, 0.05) is 24.9 Å². The molecule has 3 rings (SSSR count). The quantitative estimate of drug-likeness (QED) is 0.864. The number of nitrogens with zero attached hydrogens (tertiary/aromatic N) is 1. The Morgan fingerprint density at radius 2 is 2.09 bits per heavy atom. The third-order valence-corrected chi connectivity index (χ3v) is 5.94. The van der Waals surface area contributed by atoms with E-state index in [0.717, 1.165) is 19.1 Å². The van der Waals surface area contributed by atoms with Crippen LogP contribution in [-0.4, -0.2) is 50.5 Å². The van der Waals surface area contributed by atoms with Crippen molar-refractivity contribution in [3.63, 3.8) is 0 Å². The van der Waals surface area contributed by atoms with Crippen molar-refractivity contribution < 1.29 is 18.0 Å². The number of carbonyl (C=O) groups is 2. The standard InChI is InChI=1S/C16H20N2O4S/c1-10-5-6-11(8-14(10)23(2,21)22)16(20)18-7-3-4-12-13(18)9-17-15(12)19/h5-6,8,12-13H,3-4,7,9H2,1-2H3,(H,17,19)/t12-,13-/m0/s1. The first-order chi connectivity index (χ1) is 10.8. The van der Waals surface area contributed by atoms with Crippen molar-refractivity contribution in [2.24, 2.45) is 5.92 Å². The summed E-state index contributed by atoms with van der Waals surface area (Å²) in [5.74, 6) is -0.346. The van der Waals surface area contributed by atoms with Gasteiger partial charge in [0.15, 0.2) is 9.84 Å². The van der Waals surface area contributed by atoms with Gasteiger partial charge in [-0.05, 0) is 37.5 Å². The van der Waals surface area contributed by atoms with E-state index in [-0.39, 0.29) is 28.7 Å². The first-order valence-electron chi connectivity index (χ1n) is 7.68. The highest BCUT2D eigenvalue weighted by atomic mass is 32.2. The molecule has 0 bridgehead atoms. The van der Waals surface area contributed by atoms with Crippen LogP contribution in [0.15, 0.2) is 23.1 Å². The van der Waals surface area contributed by atoms with E-state index in [9.17, 15) is 18.0 Å². The van der Waals surface area contributed by atoms with E-state index in [4.69, 9.17) is 0 Å². The van der Waals surface area contributed by atoms with Gasteiger partial charge in [0.2, 0.25) is 5.91 Å². The molecule has 1 N–H and O–H groups in total. The Morgan fingerprint density at radius 3 is 2.78 bits per heavy atom. The van der Waals surface area contributed by atoms with Gasteiger partial charge < -0.3 is 10.2 Å². The summed E-state index contributed by atoms with van der Waals surface area (Å²) in [7, 11) is -3.38. The van der Waals surface area contributed by atoms with Gasteiger partial charge in [-0.3, -0.25) is 9.59 Å². The predicted octanol–water partition coefficient (Wildman–Crippen LogP) is 0.749. The molecule has 0 unspecified atom stereocenters. The van der Waals surface area contributed by atoms with E-state index in [1.165, 1.54) is 6.07 Å². The fraction of sp³-hybridized carbons (Fsp3) is 0.500. The Balaban J connectivity index is 1.93. The maximum atomic E-state index is 12.8. The van der Waals surface area contributed by atoms with Crippen molar-refractivity contribution in [3.8, 4) is 0 Å². The minimum absolute atomic E-state index is 0.00762. The average molecular weight is 336 g/mol. The summed E-state index contributed by atoms with van der Waals surface area (Å²) in [5, 5.41) is 2.81. The zero-order chi connectivity index (χ0) is 16.8. The fourth-order valence-electron chi connectivity index (χ4n) is 3.50. The molecule has 2 fully saturated rings. The maximum absolute atomic E-state index is 12.8. The molecule has 1 aromatic rings. The van der Waals surface area contributed by atoms with Crippen LogP contribution in [0.2, 0.25) is 0 Å². The van der Waals surface area contributed by atoms with Gasteiger partial charge in [-0.25, -0.2) is 8.42 Å². The molecule has 2 amide bonds. The molecule has 0 aromatic heterocycles. The third-order valence-electron chi connectivity index (χ3n) is 4.70. The lowest BCUT2D eigenvalue weighted by molar-refractivity contribution is -0.123. The largest absolute Gasteiger partial charge is 0.354 e. The number of aryl methyl sites for hydroxylation is 1. The molecule has 0 aliphatic carbocycles. The molecule has 2 aliphatic rings. The first-order valence-corrected chi connectivity index (χ1v) is 9.57. The van der Waals surface area contributed by atoms with Gasteiger partial charge in [0.1, 0.15) is 0 Å². The number of likely N-dealkylation sites (tertiary alicyclic amines) is 1. The van der Waals surface area contributed by atoms with Crippen molar-refractivity contribution in [1.82, 2.24) is 10.2 Å². The van der Waals surface area contributed by atoms with Crippen LogP contribution in [0.3, 0.4) is 0 Å². The molecular formula is C16H20N2O4S. The Bertz CT molecular complexity index is 772. The van der Waals surface area contributed by atoms with E-state index in [1.54, 1.807) is 24.0 Å². The number of rotatable bonds is 2. The number of piperidine rings is 1. The van der Waals surface area contributed by atoms with E-state index >= 15 is 0 Å². The number of hydrogen-bond acceptors (Lipinski definition) is 4. The van der Waals surface area contributed by atoms with E-state index in [2.05, 4.69) is 5.32 Å². The van der Waals surface area contributed by atoms with E-state index < -0.39 is 9.84 Å². The highest BCUT2D eigenvalue weighted by Gasteiger charge is 2.42. The summed E-state index contributed by atoms with van der Waals surface area (Å²) >= 11 is 0. The van der Waals surface area contributed by atoms with Gasteiger partial charge in [-0.1, -0.05) is 6.07 Å². The van der Waals surface area contributed by atoms with E-state index in [0.29, 0.717) is 24.2 Å². The van der Waals surface area contributed by atoms with Gasteiger partial charge in [0.05, 0.1) is 16.9 Å². The lowest BCUT2D eigenvalue weighted by Gasteiger charge is -2.36. The van der Waals surface area contributed by atoms with Crippen LogP contribution in [0.25, 0.3) is 0 Å². The summed E-state index contributed by atoms with van der Waals surface area (Å²) in [6.07, 6.45) is 2.72. The second kappa shape index (κ2) is 5.63. The molecule has 2 saturated heterocycles. The number of nitrogens with one attached hydrogen (secondary N) is 1. The first kappa shape index (κ1) is 16.0. The molecule has 2 atom stereocenters. The molecule has 2 aliphatic heterocycles. The highest BCUT2D eigenvalue weighted by molar-refractivity contribution is 7.90. The molecule has 124 valence electrons. The fourth-order valence-corrected chi connectivity index (χ4v) is 4.50. The molecule has 1 aromatic carbocycles. The van der Waals surface area contributed by atoms with Crippen molar-refractivity contribution in [2.75, 3.05) is 19.3 Å². The smallest absolute Gasteiger partial charge is 0.254 e. The van der Waals surface area contributed by atoms with Crippen LogP contribution in [0, 0.1) is 12.8 Å². The topological polar surface area (TPSA) is 83.6 Å².